The quantitative estimate of drug-likeness (QED) is 0.680. The van der Waals surface area contributed by atoms with E-state index in [1.54, 1.807) is 27.8 Å². The highest BCUT2D eigenvalue weighted by Gasteiger charge is 2.38. The van der Waals surface area contributed by atoms with Crippen molar-refractivity contribution in [2.75, 3.05) is 7.05 Å². The van der Waals surface area contributed by atoms with Crippen molar-refractivity contribution in [2.24, 2.45) is 11.3 Å². The lowest BCUT2D eigenvalue weighted by atomic mass is 9.82. The molecule has 0 unspecified atom stereocenters. The summed E-state index contributed by atoms with van der Waals surface area (Å²) in [5.74, 6) is -0.447. The fourth-order valence-electron chi connectivity index (χ4n) is 3.36. The molecule has 1 aliphatic carbocycles. The van der Waals surface area contributed by atoms with E-state index >= 15 is 0 Å². The Balaban J connectivity index is 2.92. The molecule has 1 fully saturated rings. The van der Waals surface area contributed by atoms with E-state index in [4.69, 9.17) is 4.74 Å². The van der Waals surface area contributed by atoms with Gasteiger partial charge in [0.25, 0.3) is 0 Å². The number of amides is 3. The average molecular weight is 384 g/mol. The maximum Gasteiger partial charge on any atom is 0.408 e. The highest BCUT2D eigenvalue weighted by atomic mass is 16.6. The fraction of sp³-hybridized carbons (Fsp3) is 0.850. The Morgan fingerprint density at radius 2 is 1.44 bits per heavy atom. The molecule has 0 aromatic carbocycles. The van der Waals surface area contributed by atoms with Crippen LogP contribution in [-0.4, -0.2) is 42.6 Å². The van der Waals surface area contributed by atoms with Crippen molar-refractivity contribution < 1.29 is 19.1 Å². The SMILES string of the molecule is CNC(=O)[C@@H](NC(=O)[C@@H](NC(=O)OC(C)(C)C)C(C)(C)C)C1CCCCC1. The summed E-state index contributed by atoms with van der Waals surface area (Å²) in [4.78, 5) is 37.6. The van der Waals surface area contributed by atoms with Crippen LogP contribution >= 0.6 is 0 Å². The second-order valence-corrected chi connectivity index (χ2v) is 9.44. The first-order valence-corrected chi connectivity index (χ1v) is 9.86. The minimum atomic E-state index is -0.817. The van der Waals surface area contributed by atoms with Crippen LogP contribution in [0.2, 0.25) is 0 Å². The molecule has 7 nitrogen and oxygen atoms in total. The van der Waals surface area contributed by atoms with Crippen LogP contribution in [0.4, 0.5) is 4.79 Å². The van der Waals surface area contributed by atoms with E-state index in [1.165, 1.54) is 0 Å². The van der Waals surface area contributed by atoms with Crippen LogP contribution in [0.15, 0.2) is 0 Å². The summed E-state index contributed by atoms with van der Waals surface area (Å²) in [5.41, 5.74) is -1.20. The molecule has 0 aromatic heterocycles. The summed E-state index contributed by atoms with van der Waals surface area (Å²) < 4.78 is 5.29. The summed E-state index contributed by atoms with van der Waals surface area (Å²) in [6.07, 6.45) is 4.47. The van der Waals surface area contributed by atoms with E-state index in [2.05, 4.69) is 16.0 Å². The molecule has 2 atom stereocenters. The van der Waals surface area contributed by atoms with Crippen LogP contribution in [0, 0.1) is 11.3 Å². The van der Waals surface area contributed by atoms with Gasteiger partial charge in [-0.05, 0) is 44.9 Å². The number of carbonyl (C=O) groups excluding carboxylic acids is 3. The van der Waals surface area contributed by atoms with Crippen molar-refractivity contribution in [1.82, 2.24) is 16.0 Å². The van der Waals surface area contributed by atoms with E-state index in [-0.39, 0.29) is 17.7 Å². The lowest BCUT2D eigenvalue weighted by molar-refractivity contribution is -0.132. The Morgan fingerprint density at radius 3 is 1.89 bits per heavy atom. The van der Waals surface area contributed by atoms with Crippen LogP contribution in [0.25, 0.3) is 0 Å². The summed E-state index contributed by atoms with van der Waals surface area (Å²) in [6.45, 7) is 10.9. The van der Waals surface area contributed by atoms with Crippen molar-refractivity contribution in [2.45, 2.75) is 91.3 Å². The van der Waals surface area contributed by atoms with Crippen LogP contribution in [0.5, 0.6) is 0 Å². The van der Waals surface area contributed by atoms with Gasteiger partial charge in [0.05, 0.1) is 0 Å². The highest BCUT2D eigenvalue weighted by Crippen LogP contribution is 2.27. The number of carbonyl (C=O) groups is 3. The first kappa shape index (κ1) is 23.2. The predicted molar refractivity (Wildman–Crippen MR) is 105 cm³/mol. The molecule has 7 heteroatoms. The molecule has 0 saturated heterocycles. The van der Waals surface area contributed by atoms with Gasteiger partial charge in [0.2, 0.25) is 11.8 Å². The zero-order valence-corrected chi connectivity index (χ0v) is 17.9. The number of alkyl carbamates (subject to hydrolysis) is 1. The maximum atomic E-state index is 13.0. The summed E-state index contributed by atoms with van der Waals surface area (Å²) >= 11 is 0. The van der Waals surface area contributed by atoms with E-state index in [0.717, 1.165) is 32.1 Å². The van der Waals surface area contributed by atoms with Crippen LogP contribution in [0.1, 0.15) is 73.6 Å². The Hall–Kier alpha value is -1.79. The summed E-state index contributed by atoms with van der Waals surface area (Å²) in [6, 6.07) is -1.41. The summed E-state index contributed by atoms with van der Waals surface area (Å²) in [7, 11) is 1.57. The molecule has 156 valence electrons. The third-order valence-electron chi connectivity index (χ3n) is 4.74. The lowest BCUT2D eigenvalue weighted by Gasteiger charge is -2.35. The fourth-order valence-corrected chi connectivity index (χ4v) is 3.36. The Morgan fingerprint density at radius 1 is 0.889 bits per heavy atom. The molecule has 27 heavy (non-hydrogen) atoms. The molecule has 1 rings (SSSR count). The zero-order chi connectivity index (χ0) is 20.8. The maximum absolute atomic E-state index is 13.0. The van der Waals surface area contributed by atoms with E-state index in [1.807, 2.05) is 20.8 Å². The third-order valence-corrected chi connectivity index (χ3v) is 4.74. The molecular weight excluding hydrogens is 346 g/mol. The first-order chi connectivity index (χ1) is 12.3. The van der Waals surface area contributed by atoms with Crippen molar-refractivity contribution in [3.63, 3.8) is 0 Å². The zero-order valence-electron chi connectivity index (χ0n) is 17.9. The normalized spacial score (nSPS) is 18.2. The third kappa shape index (κ3) is 7.77. The second kappa shape index (κ2) is 9.42. The van der Waals surface area contributed by atoms with Gasteiger partial charge in [-0.25, -0.2) is 4.79 Å². The van der Waals surface area contributed by atoms with Gasteiger partial charge in [-0.3, -0.25) is 9.59 Å². The molecule has 3 N–H and O–H groups in total. The van der Waals surface area contributed by atoms with Gasteiger partial charge < -0.3 is 20.7 Å². The number of hydrogen-bond donors (Lipinski definition) is 3. The number of hydrogen-bond acceptors (Lipinski definition) is 4. The number of nitrogens with one attached hydrogen (secondary N) is 3. The van der Waals surface area contributed by atoms with Gasteiger partial charge in [0.15, 0.2) is 0 Å². The molecular formula is C20H37N3O4. The molecule has 1 saturated carbocycles. The molecule has 0 bridgehead atoms. The highest BCUT2D eigenvalue weighted by molar-refractivity contribution is 5.91. The number of rotatable bonds is 5. The van der Waals surface area contributed by atoms with Crippen LogP contribution in [0.3, 0.4) is 0 Å². The molecule has 0 aliphatic heterocycles. The second-order valence-electron chi connectivity index (χ2n) is 9.44. The Labute approximate surface area is 163 Å². The summed E-state index contributed by atoms with van der Waals surface area (Å²) in [5, 5.41) is 8.22. The minimum absolute atomic E-state index is 0.116. The van der Waals surface area contributed by atoms with Crippen molar-refractivity contribution in [3.05, 3.63) is 0 Å². The van der Waals surface area contributed by atoms with Gasteiger partial charge >= 0.3 is 6.09 Å². The van der Waals surface area contributed by atoms with Crippen LogP contribution < -0.4 is 16.0 Å². The number of likely N-dealkylation sites (N-methyl/N-ethyl adjacent to an activating group) is 1. The predicted octanol–water partition coefficient (Wildman–Crippen LogP) is 2.74. The Bertz CT molecular complexity index is 528. The lowest BCUT2D eigenvalue weighted by Crippen LogP contribution is -2.59. The minimum Gasteiger partial charge on any atom is -0.444 e. The van der Waals surface area contributed by atoms with Gasteiger partial charge in [-0.2, -0.15) is 0 Å². The molecule has 0 spiro atoms. The van der Waals surface area contributed by atoms with E-state index < -0.39 is 29.2 Å². The smallest absolute Gasteiger partial charge is 0.408 e. The van der Waals surface area contributed by atoms with Crippen LogP contribution in [-0.2, 0) is 14.3 Å². The topological polar surface area (TPSA) is 96.5 Å². The molecule has 1 aliphatic rings. The number of ether oxygens (including phenoxy) is 1. The molecule has 0 radical (unpaired) electrons. The van der Waals surface area contributed by atoms with Gasteiger partial charge in [0, 0.05) is 7.05 Å². The monoisotopic (exact) mass is 383 g/mol. The largest absolute Gasteiger partial charge is 0.444 e. The van der Waals surface area contributed by atoms with E-state index in [0.29, 0.717) is 0 Å². The first-order valence-electron chi connectivity index (χ1n) is 9.86. The Kier molecular flexibility index (Phi) is 8.11. The molecule has 0 heterocycles. The van der Waals surface area contributed by atoms with Gasteiger partial charge in [-0.1, -0.05) is 40.0 Å². The van der Waals surface area contributed by atoms with Gasteiger partial charge in [0.1, 0.15) is 17.7 Å². The van der Waals surface area contributed by atoms with Crippen molar-refractivity contribution in [1.29, 1.82) is 0 Å². The van der Waals surface area contributed by atoms with Gasteiger partial charge in [-0.15, -0.1) is 0 Å². The molecule has 3 amide bonds. The van der Waals surface area contributed by atoms with E-state index in [9.17, 15) is 14.4 Å². The average Bonchev–Trinajstić information content (AvgIpc) is 2.55. The molecule has 0 aromatic rings. The van der Waals surface area contributed by atoms with Crippen molar-refractivity contribution >= 4 is 17.9 Å². The standard InChI is InChI=1S/C20H37N3O4/c1-19(2,3)15(23-18(26)27-20(4,5)6)17(25)22-14(16(24)21-7)13-11-9-8-10-12-13/h13-15H,8-12H2,1-7H3,(H,21,24)(H,22,25)(H,23,26)/t14-,15+/m0/s1. The van der Waals surface area contributed by atoms with Crippen molar-refractivity contribution in [3.8, 4) is 0 Å².